The monoisotopic (exact) mass is 361 g/mol. The number of hydrogen-bond donors (Lipinski definition) is 2. The molecule has 1 saturated heterocycles. The fraction of sp³-hybridized carbons (Fsp3) is 0.600. The molecule has 1 aliphatic rings. The van der Waals surface area contributed by atoms with E-state index in [2.05, 4.69) is 31.0 Å². The van der Waals surface area contributed by atoms with E-state index >= 15 is 0 Å². The van der Waals surface area contributed by atoms with Crippen molar-refractivity contribution in [3.05, 3.63) is 29.3 Å². The number of benzene rings is 1. The number of nitrogens with one attached hydrogen (secondary N) is 1. The molecule has 26 heavy (non-hydrogen) atoms. The largest absolute Gasteiger partial charge is 0.465 e. The summed E-state index contributed by atoms with van der Waals surface area (Å²) in [5.74, 6) is -0.0807. The van der Waals surface area contributed by atoms with Gasteiger partial charge < -0.3 is 10.4 Å². The normalized spacial score (nSPS) is 21.5. The molecule has 0 bridgehead atoms. The maximum absolute atomic E-state index is 11.7. The van der Waals surface area contributed by atoms with Crippen molar-refractivity contribution < 1.29 is 14.7 Å². The number of carbonyl (C=O) groups excluding carboxylic acids is 1. The number of carbonyl (C=O) groups is 2. The van der Waals surface area contributed by atoms with Crippen LogP contribution in [0.3, 0.4) is 0 Å². The lowest BCUT2D eigenvalue weighted by Gasteiger charge is -2.54. The third-order valence-electron chi connectivity index (χ3n) is 5.67. The molecule has 0 aliphatic carbocycles. The lowest BCUT2D eigenvalue weighted by molar-refractivity contribution is -0.114. The molecule has 0 radical (unpaired) electrons. The van der Waals surface area contributed by atoms with Gasteiger partial charge in [0.2, 0.25) is 5.91 Å². The van der Waals surface area contributed by atoms with Crippen molar-refractivity contribution in [1.29, 1.82) is 0 Å². The smallest absolute Gasteiger partial charge is 0.407 e. The van der Waals surface area contributed by atoms with E-state index in [0.29, 0.717) is 19.6 Å². The average molecular weight is 361 g/mol. The minimum atomic E-state index is -0.849. The second-order valence-electron chi connectivity index (χ2n) is 8.49. The number of amides is 2. The highest BCUT2D eigenvalue weighted by molar-refractivity contribution is 5.88. The van der Waals surface area contributed by atoms with Crippen LogP contribution in [0, 0.1) is 12.3 Å². The fourth-order valence-electron chi connectivity index (χ4n) is 3.57. The van der Waals surface area contributed by atoms with E-state index in [0.717, 1.165) is 17.8 Å². The Labute approximate surface area is 156 Å². The standard InChI is InChI=1S/C20H31N3O3/c1-14-11-17(21-15(2)24)8-7-16(14)12-22-9-10-23(18(25)26)20(6,13-22)19(3,4)5/h7-8,11H,9-10,12-13H2,1-6H3,(H,21,24)(H,25,26)/t20-/m1/s1. The zero-order valence-electron chi connectivity index (χ0n) is 16.7. The summed E-state index contributed by atoms with van der Waals surface area (Å²) < 4.78 is 0. The second kappa shape index (κ2) is 7.27. The Morgan fingerprint density at radius 3 is 2.42 bits per heavy atom. The minimum absolute atomic E-state index is 0.0807. The molecule has 6 nitrogen and oxygen atoms in total. The van der Waals surface area contributed by atoms with Gasteiger partial charge in [-0.15, -0.1) is 0 Å². The molecule has 1 aromatic rings. The van der Waals surface area contributed by atoms with Crippen LogP contribution in [0.15, 0.2) is 18.2 Å². The summed E-state index contributed by atoms with van der Waals surface area (Å²) in [5, 5.41) is 12.4. The van der Waals surface area contributed by atoms with Crippen molar-refractivity contribution in [3.8, 4) is 0 Å². The summed E-state index contributed by atoms with van der Waals surface area (Å²) in [4.78, 5) is 26.9. The Bertz CT molecular complexity index is 696. The molecule has 1 aromatic carbocycles. The van der Waals surface area contributed by atoms with Crippen molar-refractivity contribution in [2.75, 3.05) is 25.0 Å². The van der Waals surface area contributed by atoms with E-state index in [9.17, 15) is 14.7 Å². The summed E-state index contributed by atoms with van der Waals surface area (Å²) in [6.07, 6.45) is -0.849. The van der Waals surface area contributed by atoms with Gasteiger partial charge in [-0.2, -0.15) is 0 Å². The molecule has 0 aromatic heterocycles. The topological polar surface area (TPSA) is 72.9 Å². The Kier molecular flexibility index (Phi) is 5.66. The van der Waals surface area contributed by atoms with Gasteiger partial charge in [-0.1, -0.05) is 26.8 Å². The van der Waals surface area contributed by atoms with E-state index in [1.807, 2.05) is 32.0 Å². The summed E-state index contributed by atoms with van der Waals surface area (Å²) in [5.41, 5.74) is 2.48. The Balaban J connectivity index is 2.18. The van der Waals surface area contributed by atoms with Crippen molar-refractivity contribution in [2.24, 2.45) is 5.41 Å². The number of carboxylic acid groups (broad SMARTS) is 1. The number of piperazine rings is 1. The van der Waals surface area contributed by atoms with E-state index in [-0.39, 0.29) is 11.3 Å². The Morgan fingerprint density at radius 1 is 1.27 bits per heavy atom. The molecule has 2 N–H and O–H groups in total. The van der Waals surface area contributed by atoms with Gasteiger partial charge in [-0.3, -0.25) is 14.6 Å². The maximum Gasteiger partial charge on any atom is 0.407 e. The van der Waals surface area contributed by atoms with Crippen LogP contribution in [0.25, 0.3) is 0 Å². The molecule has 0 spiro atoms. The van der Waals surface area contributed by atoms with Gasteiger partial charge in [-0.05, 0) is 42.5 Å². The first-order chi connectivity index (χ1) is 11.9. The zero-order valence-corrected chi connectivity index (χ0v) is 16.7. The predicted octanol–water partition coefficient (Wildman–Crippen LogP) is 3.55. The molecule has 2 amide bonds. The maximum atomic E-state index is 11.7. The van der Waals surface area contributed by atoms with Crippen molar-refractivity contribution in [1.82, 2.24) is 9.80 Å². The third-order valence-corrected chi connectivity index (χ3v) is 5.67. The third kappa shape index (κ3) is 4.18. The molecule has 1 heterocycles. The molecule has 1 fully saturated rings. The first-order valence-electron chi connectivity index (χ1n) is 9.04. The van der Waals surface area contributed by atoms with Gasteiger partial charge in [0.1, 0.15) is 0 Å². The molecular weight excluding hydrogens is 330 g/mol. The van der Waals surface area contributed by atoms with E-state index in [4.69, 9.17) is 0 Å². The van der Waals surface area contributed by atoms with E-state index in [1.165, 1.54) is 12.5 Å². The first-order valence-corrected chi connectivity index (χ1v) is 9.04. The Hall–Kier alpha value is -2.08. The summed E-state index contributed by atoms with van der Waals surface area (Å²) >= 11 is 0. The molecule has 144 valence electrons. The number of nitrogens with zero attached hydrogens (tertiary/aromatic N) is 2. The van der Waals surface area contributed by atoms with Crippen LogP contribution < -0.4 is 5.32 Å². The molecule has 6 heteroatoms. The quantitative estimate of drug-likeness (QED) is 0.863. The van der Waals surface area contributed by atoms with E-state index < -0.39 is 11.6 Å². The van der Waals surface area contributed by atoms with Crippen LogP contribution in [0.2, 0.25) is 0 Å². The van der Waals surface area contributed by atoms with Crippen LogP contribution in [0.1, 0.15) is 45.7 Å². The van der Waals surface area contributed by atoms with E-state index in [1.54, 1.807) is 4.90 Å². The molecule has 0 saturated carbocycles. The molecular formula is C20H31N3O3. The fourth-order valence-corrected chi connectivity index (χ4v) is 3.57. The Morgan fingerprint density at radius 2 is 1.92 bits per heavy atom. The molecule has 1 aliphatic heterocycles. The SMILES string of the molecule is CC(=O)Nc1ccc(CN2CCN(C(=O)O)[C@@](C)(C(C)(C)C)C2)c(C)c1. The van der Waals surface area contributed by atoms with Gasteiger partial charge in [-0.25, -0.2) is 4.79 Å². The summed E-state index contributed by atoms with van der Waals surface area (Å²) in [6, 6.07) is 5.94. The van der Waals surface area contributed by atoms with Crippen LogP contribution in [0.5, 0.6) is 0 Å². The van der Waals surface area contributed by atoms with Gasteiger partial charge in [0.05, 0.1) is 5.54 Å². The lowest BCUT2D eigenvalue weighted by Crippen LogP contribution is -2.67. The number of anilines is 1. The van der Waals surface area contributed by atoms with Gasteiger partial charge in [0.15, 0.2) is 0 Å². The number of aryl methyl sites for hydroxylation is 1. The van der Waals surface area contributed by atoms with Crippen LogP contribution in [-0.4, -0.2) is 52.1 Å². The summed E-state index contributed by atoms with van der Waals surface area (Å²) in [7, 11) is 0. The highest BCUT2D eigenvalue weighted by Gasteiger charge is 2.48. The highest BCUT2D eigenvalue weighted by atomic mass is 16.4. The van der Waals surface area contributed by atoms with Gasteiger partial charge >= 0.3 is 6.09 Å². The second-order valence-corrected chi connectivity index (χ2v) is 8.49. The number of rotatable bonds is 3. The predicted molar refractivity (Wildman–Crippen MR) is 103 cm³/mol. The van der Waals surface area contributed by atoms with Crippen LogP contribution in [-0.2, 0) is 11.3 Å². The van der Waals surface area contributed by atoms with Crippen LogP contribution >= 0.6 is 0 Å². The highest BCUT2D eigenvalue weighted by Crippen LogP contribution is 2.38. The van der Waals surface area contributed by atoms with Gasteiger partial charge in [0.25, 0.3) is 0 Å². The van der Waals surface area contributed by atoms with Gasteiger partial charge in [0, 0.05) is 38.8 Å². The summed E-state index contributed by atoms with van der Waals surface area (Å²) in [6.45, 7) is 14.5. The van der Waals surface area contributed by atoms with Crippen molar-refractivity contribution >= 4 is 17.7 Å². The average Bonchev–Trinajstić information content (AvgIpc) is 2.48. The number of hydrogen-bond acceptors (Lipinski definition) is 3. The molecule has 0 unspecified atom stereocenters. The van der Waals surface area contributed by atoms with Crippen molar-refractivity contribution in [3.63, 3.8) is 0 Å². The minimum Gasteiger partial charge on any atom is -0.465 e. The lowest BCUT2D eigenvalue weighted by atomic mass is 9.72. The van der Waals surface area contributed by atoms with Crippen molar-refractivity contribution in [2.45, 2.75) is 53.6 Å². The first kappa shape index (κ1) is 20.2. The van der Waals surface area contributed by atoms with Crippen LogP contribution in [0.4, 0.5) is 10.5 Å². The molecule has 2 rings (SSSR count). The molecule has 1 atom stereocenters. The zero-order chi connectivity index (χ0) is 19.7.